The van der Waals surface area contributed by atoms with Crippen molar-refractivity contribution in [3.63, 3.8) is 0 Å². The Balaban J connectivity index is 2.29. The molecule has 2 nitrogen and oxygen atoms in total. The van der Waals surface area contributed by atoms with Crippen molar-refractivity contribution in [1.82, 2.24) is 0 Å². The highest BCUT2D eigenvalue weighted by atomic mass is 79.9. The Labute approximate surface area is 138 Å². The van der Waals surface area contributed by atoms with Gasteiger partial charge in [-0.05, 0) is 47.1 Å². The third kappa shape index (κ3) is 3.81. The third-order valence-corrected chi connectivity index (χ3v) is 4.04. The van der Waals surface area contributed by atoms with Crippen LogP contribution in [-0.2, 0) is 6.61 Å². The SMILES string of the molecule is CC(O)c1ccc(Br)cc1OCc1c(F)ccc(Br)c1F. The van der Waals surface area contributed by atoms with Crippen LogP contribution in [0.2, 0.25) is 0 Å². The maximum Gasteiger partial charge on any atom is 0.146 e. The Bertz CT molecular complexity index is 660. The van der Waals surface area contributed by atoms with Gasteiger partial charge in [0.1, 0.15) is 24.0 Å². The Hall–Kier alpha value is -0.980. The van der Waals surface area contributed by atoms with Gasteiger partial charge in [0.25, 0.3) is 0 Å². The van der Waals surface area contributed by atoms with Crippen LogP contribution < -0.4 is 4.74 Å². The fourth-order valence-electron chi connectivity index (χ4n) is 1.83. The van der Waals surface area contributed by atoms with Gasteiger partial charge in [-0.3, -0.25) is 0 Å². The van der Waals surface area contributed by atoms with E-state index >= 15 is 0 Å². The lowest BCUT2D eigenvalue weighted by atomic mass is 10.1. The van der Waals surface area contributed by atoms with E-state index in [4.69, 9.17) is 4.74 Å². The van der Waals surface area contributed by atoms with Crippen molar-refractivity contribution in [1.29, 1.82) is 0 Å². The van der Waals surface area contributed by atoms with Crippen molar-refractivity contribution in [3.8, 4) is 5.75 Å². The molecular weight excluding hydrogens is 410 g/mol. The molecule has 112 valence electrons. The second kappa shape index (κ2) is 6.85. The fraction of sp³-hybridized carbons (Fsp3) is 0.200. The van der Waals surface area contributed by atoms with Crippen LogP contribution in [0.5, 0.6) is 5.75 Å². The van der Waals surface area contributed by atoms with E-state index in [-0.39, 0.29) is 16.6 Å². The molecule has 6 heteroatoms. The zero-order chi connectivity index (χ0) is 15.6. The van der Waals surface area contributed by atoms with E-state index in [1.807, 2.05) is 0 Å². The quantitative estimate of drug-likeness (QED) is 0.694. The molecule has 0 saturated carbocycles. The molecule has 21 heavy (non-hydrogen) atoms. The Kier molecular flexibility index (Phi) is 5.35. The summed E-state index contributed by atoms with van der Waals surface area (Å²) in [4.78, 5) is 0. The largest absolute Gasteiger partial charge is 0.488 e. The average Bonchev–Trinajstić information content (AvgIpc) is 2.43. The Morgan fingerprint density at radius 3 is 2.57 bits per heavy atom. The maximum absolute atomic E-state index is 13.9. The molecule has 0 saturated heterocycles. The van der Waals surface area contributed by atoms with Gasteiger partial charge in [-0.25, -0.2) is 8.78 Å². The van der Waals surface area contributed by atoms with Crippen LogP contribution in [0.1, 0.15) is 24.2 Å². The van der Waals surface area contributed by atoms with Gasteiger partial charge in [0.2, 0.25) is 0 Å². The second-order valence-electron chi connectivity index (χ2n) is 4.47. The summed E-state index contributed by atoms with van der Waals surface area (Å²) in [6.45, 7) is 1.32. The van der Waals surface area contributed by atoms with Gasteiger partial charge in [-0.2, -0.15) is 0 Å². The summed E-state index contributed by atoms with van der Waals surface area (Å²) in [6, 6.07) is 7.57. The monoisotopic (exact) mass is 420 g/mol. The molecule has 0 spiro atoms. The predicted octanol–water partition coefficient (Wildman–Crippen LogP) is 5.12. The van der Waals surface area contributed by atoms with Gasteiger partial charge in [0, 0.05) is 10.0 Å². The van der Waals surface area contributed by atoms with E-state index < -0.39 is 17.7 Å². The number of benzene rings is 2. The lowest BCUT2D eigenvalue weighted by Gasteiger charge is -2.15. The topological polar surface area (TPSA) is 29.5 Å². The first-order valence-corrected chi connectivity index (χ1v) is 7.71. The van der Waals surface area contributed by atoms with Gasteiger partial charge < -0.3 is 9.84 Å². The van der Waals surface area contributed by atoms with Crippen molar-refractivity contribution >= 4 is 31.9 Å². The van der Waals surface area contributed by atoms with Crippen molar-refractivity contribution in [2.24, 2.45) is 0 Å². The molecule has 1 atom stereocenters. The summed E-state index contributed by atoms with van der Waals surface area (Å²) in [5.41, 5.74) is 0.384. The van der Waals surface area contributed by atoms with E-state index in [0.29, 0.717) is 11.3 Å². The molecule has 2 aromatic carbocycles. The number of hydrogen-bond donors (Lipinski definition) is 1. The minimum Gasteiger partial charge on any atom is -0.488 e. The van der Waals surface area contributed by atoms with E-state index in [2.05, 4.69) is 31.9 Å². The lowest BCUT2D eigenvalue weighted by molar-refractivity contribution is 0.189. The zero-order valence-corrected chi connectivity index (χ0v) is 14.2. The van der Waals surface area contributed by atoms with Crippen molar-refractivity contribution < 1.29 is 18.6 Å². The molecule has 0 radical (unpaired) electrons. The van der Waals surface area contributed by atoms with Gasteiger partial charge >= 0.3 is 0 Å². The number of aliphatic hydroxyl groups excluding tert-OH is 1. The maximum atomic E-state index is 13.9. The smallest absolute Gasteiger partial charge is 0.146 e. The van der Waals surface area contributed by atoms with Crippen molar-refractivity contribution in [3.05, 3.63) is 62.0 Å². The Morgan fingerprint density at radius 2 is 1.90 bits per heavy atom. The molecule has 2 aromatic rings. The van der Waals surface area contributed by atoms with Crippen LogP contribution in [0.25, 0.3) is 0 Å². The van der Waals surface area contributed by atoms with Gasteiger partial charge in [0.15, 0.2) is 0 Å². The molecule has 2 rings (SSSR count). The highest BCUT2D eigenvalue weighted by molar-refractivity contribution is 9.10. The summed E-state index contributed by atoms with van der Waals surface area (Å²) < 4.78 is 34.0. The van der Waals surface area contributed by atoms with Crippen LogP contribution in [0.3, 0.4) is 0 Å². The first-order valence-electron chi connectivity index (χ1n) is 6.13. The van der Waals surface area contributed by atoms with E-state index in [1.165, 1.54) is 12.1 Å². The highest BCUT2D eigenvalue weighted by Crippen LogP contribution is 2.30. The average molecular weight is 422 g/mol. The molecule has 0 aromatic heterocycles. The van der Waals surface area contributed by atoms with Gasteiger partial charge in [0.05, 0.1) is 16.1 Å². The minimum atomic E-state index is -0.745. The molecular formula is C15H12Br2F2O2. The normalized spacial score (nSPS) is 12.3. The summed E-state index contributed by atoms with van der Waals surface area (Å²) in [6.07, 6.45) is -0.745. The first-order chi connectivity index (χ1) is 9.90. The molecule has 0 fully saturated rings. The number of halogens is 4. The zero-order valence-electron chi connectivity index (χ0n) is 11.0. The van der Waals surface area contributed by atoms with E-state index in [1.54, 1.807) is 25.1 Å². The number of hydrogen-bond acceptors (Lipinski definition) is 2. The molecule has 1 N–H and O–H groups in total. The summed E-state index contributed by atoms with van der Waals surface area (Å²) in [7, 11) is 0. The molecule has 1 unspecified atom stereocenters. The standard InChI is InChI=1S/C15H12Br2F2O2/c1-8(20)10-3-2-9(16)6-14(10)21-7-11-13(18)5-4-12(17)15(11)19/h2-6,8,20H,7H2,1H3. The van der Waals surface area contributed by atoms with Crippen LogP contribution in [0, 0.1) is 11.6 Å². The number of rotatable bonds is 4. The summed E-state index contributed by atoms with van der Waals surface area (Å²) in [5, 5.41) is 9.69. The second-order valence-corrected chi connectivity index (χ2v) is 6.24. The van der Waals surface area contributed by atoms with Crippen LogP contribution in [0.15, 0.2) is 39.3 Å². The third-order valence-electron chi connectivity index (χ3n) is 2.94. The van der Waals surface area contributed by atoms with Gasteiger partial charge in [-0.1, -0.05) is 22.0 Å². The van der Waals surface area contributed by atoms with E-state index in [9.17, 15) is 13.9 Å². The van der Waals surface area contributed by atoms with Crippen molar-refractivity contribution in [2.45, 2.75) is 19.6 Å². The molecule has 0 heterocycles. The number of ether oxygens (including phenoxy) is 1. The van der Waals surface area contributed by atoms with Crippen molar-refractivity contribution in [2.75, 3.05) is 0 Å². The van der Waals surface area contributed by atoms with Gasteiger partial charge in [-0.15, -0.1) is 0 Å². The Morgan fingerprint density at radius 1 is 1.19 bits per heavy atom. The molecule has 0 aliphatic rings. The van der Waals surface area contributed by atoms with Crippen LogP contribution in [-0.4, -0.2) is 5.11 Å². The first kappa shape index (κ1) is 16.4. The summed E-state index contributed by atoms with van der Waals surface area (Å²) >= 11 is 6.31. The van der Waals surface area contributed by atoms with Crippen LogP contribution >= 0.6 is 31.9 Å². The highest BCUT2D eigenvalue weighted by Gasteiger charge is 2.15. The summed E-state index contributed by atoms with van der Waals surface area (Å²) in [5.74, 6) is -0.994. The lowest BCUT2D eigenvalue weighted by Crippen LogP contribution is -2.05. The molecule has 0 bridgehead atoms. The van der Waals surface area contributed by atoms with Crippen LogP contribution in [0.4, 0.5) is 8.78 Å². The van der Waals surface area contributed by atoms with E-state index in [0.717, 1.165) is 4.47 Å². The predicted molar refractivity (Wildman–Crippen MR) is 83.2 cm³/mol. The molecule has 0 aliphatic carbocycles. The fourth-order valence-corrected chi connectivity index (χ4v) is 2.54. The minimum absolute atomic E-state index is 0.166. The molecule has 0 amide bonds. The molecule has 0 aliphatic heterocycles. The number of aliphatic hydroxyl groups is 1.